The zero-order valence-electron chi connectivity index (χ0n) is 47.0. The summed E-state index contributed by atoms with van der Waals surface area (Å²) in [5.41, 5.74) is 2.14. The van der Waals surface area contributed by atoms with Gasteiger partial charge in [0.2, 0.25) is 34.7 Å². The Morgan fingerprint density at radius 3 is 1.90 bits per heavy atom. The van der Waals surface area contributed by atoms with Crippen LogP contribution in [0, 0.1) is 17.8 Å². The number of nitrogens with zero attached hydrogens (tertiary/aromatic N) is 3. The van der Waals surface area contributed by atoms with E-state index < -0.39 is 34.0 Å². The highest BCUT2D eigenvalue weighted by Crippen LogP contribution is 2.24. The van der Waals surface area contributed by atoms with Gasteiger partial charge < -0.3 is 49.7 Å². The minimum Gasteiger partial charge on any atom is -0.410 e. The Labute approximate surface area is 438 Å². The molecule has 0 saturated carbocycles. The lowest BCUT2D eigenvalue weighted by molar-refractivity contribution is -0.137. The molecule has 6 amide bonds. The summed E-state index contributed by atoms with van der Waals surface area (Å²) in [6, 6.07) is 6.20. The first-order valence-corrected chi connectivity index (χ1v) is 27.2. The van der Waals surface area contributed by atoms with Gasteiger partial charge in [-0.05, 0) is 95.7 Å². The summed E-state index contributed by atoms with van der Waals surface area (Å²) in [7, 11) is 7.70. The third kappa shape index (κ3) is 34.4. The molecule has 7 unspecified atom stereocenters. The Kier molecular flexibility index (Phi) is 42.3. The normalized spacial score (nSPS) is 15.5. The van der Waals surface area contributed by atoms with Gasteiger partial charge in [-0.1, -0.05) is 86.8 Å². The van der Waals surface area contributed by atoms with Gasteiger partial charge in [-0.25, -0.2) is 18.7 Å². The molecule has 424 valence electrons. The highest BCUT2D eigenvalue weighted by atomic mass is 32.2. The number of benzene rings is 1. The summed E-state index contributed by atoms with van der Waals surface area (Å²) in [6.45, 7) is 21.0. The minimum atomic E-state index is -3.77. The van der Waals surface area contributed by atoms with E-state index in [0.717, 1.165) is 24.9 Å². The van der Waals surface area contributed by atoms with Crippen LogP contribution in [0.3, 0.4) is 0 Å². The number of hydroxylamine groups is 1. The number of aldehydes is 1. The average Bonchev–Trinajstić information content (AvgIpc) is 3.76. The smallest absolute Gasteiger partial charge is 0.410 e. The number of likely N-dealkylation sites (N-methyl/N-ethyl adjacent to an activating group) is 2. The fourth-order valence-electron chi connectivity index (χ4n) is 7.42. The molecule has 6 N–H and O–H groups in total. The van der Waals surface area contributed by atoms with Crippen molar-refractivity contribution in [3.05, 3.63) is 29.8 Å². The molecule has 1 heterocycles. The zero-order valence-corrected chi connectivity index (χ0v) is 47.8. The predicted octanol–water partition coefficient (Wildman–Crippen LogP) is 4.54. The summed E-state index contributed by atoms with van der Waals surface area (Å²) in [5, 5.41) is 15.5. The lowest BCUT2D eigenvalue weighted by Crippen LogP contribution is -2.51. The van der Waals surface area contributed by atoms with Crippen LogP contribution in [-0.4, -0.2) is 176 Å². The van der Waals surface area contributed by atoms with Crippen LogP contribution in [0.4, 0.5) is 4.79 Å². The molecule has 7 atom stereocenters. The number of sulfonamides is 1. The number of amides is 6. The van der Waals surface area contributed by atoms with Crippen molar-refractivity contribution in [1.82, 2.24) is 40.9 Å². The lowest BCUT2D eigenvalue weighted by atomic mass is 9.91. The number of carbonyl (C=O) groups is 7. The maximum Gasteiger partial charge on any atom is 0.412 e. The number of hydrogen-bond acceptors (Lipinski definition) is 15. The van der Waals surface area contributed by atoms with Gasteiger partial charge >= 0.3 is 6.09 Å². The van der Waals surface area contributed by atoms with E-state index in [0.29, 0.717) is 68.3 Å². The fourth-order valence-corrected chi connectivity index (χ4v) is 7.93. The van der Waals surface area contributed by atoms with Gasteiger partial charge in [-0.3, -0.25) is 33.9 Å². The van der Waals surface area contributed by atoms with Crippen molar-refractivity contribution in [3.63, 3.8) is 0 Å². The van der Waals surface area contributed by atoms with E-state index in [1.54, 1.807) is 34.3 Å². The van der Waals surface area contributed by atoms with E-state index in [-0.39, 0.29) is 55.5 Å². The summed E-state index contributed by atoms with van der Waals surface area (Å²) in [4.78, 5) is 84.4. The second kappa shape index (κ2) is 42.6. The van der Waals surface area contributed by atoms with Crippen molar-refractivity contribution in [2.45, 2.75) is 163 Å². The Morgan fingerprint density at radius 1 is 0.890 bits per heavy atom. The van der Waals surface area contributed by atoms with Crippen LogP contribution in [0.25, 0.3) is 0 Å². The number of ether oxygens (including phenoxy) is 3. The molecule has 0 aromatic heterocycles. The number of likely N-dealkylation sites (tertiary alicyclic amines) is 1. The van der Waals surface area contributed by atoms with E-state index in [2.05, 4.69) is 95.4 Å². The number of unbranched alkanes of at least 4 members (excludes halogenated alkanes) is 2. The van der Waals surface area contributed by atoms with Gasteiger partial charge in [0.15, 0.2) is 0 Å². The number of nitrogens with one attached hydrogen (secondary N) is 5. The highest BCUT2D eigenvalue weighted by molar-refractivity contribution is 7.89. The van der Waals surface area contributed by atoms with Crippen LogP contribution >= 0.6 is 0 Å². The molecule has 1 aliphatic heterocycles. The number of rotatable bonds is 28. The summed E-state index contributed by atoms with van der Waals surface area (Å²) >= 11 is 0. The maximum absolute atomic E-state index is 12.0. The molecule has 1 aliphatic rings. The molecule has 0 bridgehead atoms. The van der Waals surface area contributed by atoms with Crippen LogP contribution in [0.15, 0.2) is 24.3 Å². The largest absolute Gasteiger partial charge is 0.412 e. The van der Waals surface area contributed by atoms with Crippen molar-refractivity contribution in [2.24, 2.45) is 17.8 Å². The van der Waals surface area contributed by atoms with Crippen LogP contribution in [0.1, 0.15) is 126 Å². The van der Waals surface area contributed by atoms with E-state index in [9.17, 15) is 42.0 Å². The Bertz CT molecular complexity index is 1770. The van der Waals surface area contributed by atoms with Gasteiger partial charge in [-0.15, -0.1) is 0 Å². The standard InChI is InChI=1S/C18H26N4O8S.C13H24N2O4.C10H21NO.C7H17N.C3H8/c1-31(28,29)22-17(25)15(20-12-23)11-13-6-8-14(9-7-13)30-18(26)19-10-4-2-3-5-16(24)21-27;1-5-10(2)13(11(19-4)6-7-16)15(3)12(18)8-14-9-17;1-8(2)10(12-4)9-6-5-7-11(9)3;1-6(2)7(3)8(4)5;1-3-2/h6-9,12,15,27H,2-5,10-11H2,1H3,(H,19,26)(H,20,23)(H,21,24)(H,22,25);7,9-11,13H,5-6,8H2,1-4H3,(H,14,17);8-10H,5-7H2,1-4H3;6-7H,1-5H3;3H2,1-2H3. The molecule has 0 radical (unpaired) electrons. The third-order valence-electron chi connectivity index (χ3n) is 12.0. The highest BCUT2D eigenvalue weighted by Gasteiger charge is 2.33. The first-order chi connectivity index (χ1) is 34.3. The van der Waals surface area contributed by atoms with Crippen molar-refractivity contribution in [2.75, 3.05) is 68.3 Å². The molecule has 1 fully saturated rings. The Morgan fingerprint density at radius 2 is 1.49 bits per heavy atom. The SMILES string of the molecule is CC(C)C(C)N(C)C.CCC.CCC(C)C(C(CC=O)OC)N(C)C(=O)CNC=O.COC(C(C)C)C1CCCN1C.CS(=O)(=O)NC(=O)C(Cc1ccc(OC(=O)NCCCCCC(=O)NO)cc1)NC=O. The molecule has 21 nitrogen and oxygen atoms in total. The summed E-state index contributed by atoms with van der Waals surface area (Å²) in [5.74, 6) is 0.304. The van der Waals surface area contributed by atoms with Crippen LogP contribution < -0.4 is 30.9 Å². The first-order valence-electron chi connectivity index (χ1n) is 25.3. The van der Waals surface area contributed by atoms with Crippen molar-refractivity contribution < 1.29 is 61.4 Å². The minimum absolute atomic E-state index is 0.0286. The van der Waals surface area contributed by atoms with Crippen LogP contribution in [0.5, 0.6) is 5.75 Å². The van der Waals surface area contributed by atoms with E-state index in [1.165, 1.54) is 45.0 Å². The fraction of sp³-hybridized carbons (Fsp3) is 0.745. The van der Waals surface area contributed by atoms with E-state index in [1.807, 2.05) is 21.0 Å². The van der Waals surface area contributed by atoms with Gasteiger partial charge in [-0.2, -0.15) is 0 Å². The average molecular weight is 1060 g/mol. The molecular weight excluding hydrogens is 965 g/mol. The summed E-state index contributed by atoms with van der Waals surface area (Å²) in [6.07, 6.45) is 8.94. The molecular formula is C51H96N8O13S. The van der Waals surface area contributed by atoms with Crippen molar-refractivity contribution in [3.8, 4) is 5.75 Å². The molecule has 73 heavy (non-hydrogen) atoms. The Balaban J connectivity index is -0.000000983. The van der Waals surface area contributed by atoms with Gasteiger partial charge in [0.05, 0.1) is 31.1 Å². The first kappa shape index (κ1) is 72.5. The molecule has 0 aliphatic carbocycles. The van der Waals surface area contributed by atoms with Gasteiger partial charge in [0.25, 0.3) is 5.91 Å². The molecule has 1 saturated heterocycles. The maximum atomic E-state index is 12.0. The number of hydrogen-bond donors (Lipinski definition) is 6. The van der Waals surface area contributed by atoms with Crippen molar-refractivity contribution in [1.29, 1.82) is 0 Å². The molecule has 1 aromatic carbocycles. The molecule has 0 spiro atoms. The van der Waals surface area contributed by atoms with Crippen LogP contribution in [0.2, 0.25) is 0 Å². The second-order valence-electron chi connectivity index (χ2n) is 18.9. The number of carbonyl (C=O) groups excluding carboxylic acids is 7. The molecule has 2 rings (SSSR count). The summed E-state index contributed by atoms with van der Waals surface area (Å²) < 4.78 is 40.2. The lowest BCUT2D eigenvalue weighted by Gasteiger charge is -2.37. The third-order valence-corrected chi connectivity index (χ3v) is 12.6. The molecule has 22 heteroatoms. The number of methoxy groups -OCH3 is 2. The van der Waals surface area contributed by atoms with Gasteiger partial charge in [0, 0.05) is 59.2 Å². The van der Waals surface area contributed by atoms with Crippen molar-refractivity contribution >= 4 is 52.9 Å². The predicted molar refractivity (Wildman–Crippen MR) is 285 cm³/mol. The monoisotopic (exact) mass is 1060 g/mol. The van der Waals surface area contributed by atoms with Gasteiger partial charge in [0.1, 0.15) is 18.1 Å². The second-order valence-corrected chi connectivity index (χ2v) is 20.7. The molecule has 1 aromatic rings. The van der Waals surface area contributed by atoms with E-state index >= 15 is 0 Å². The van der Waals surface area contributed by atoms with E-state index in [4.69, 9.17) is 19.4 Å². The quantitative estimate of drug-likeness (QED) is 0.0291. The zero-order chi connectivity index (χ0) is 56.7. The Hall–Kier alpha value is -4.74. The van der Waals surface area contributed by atoms with Crippen LogP contribution in [-0.2, 0) is 54.7 Å². The topological polar surface area (TPSA) is 271 Å².